The van der Waals surface area contributed by atoms with Crippen LogP contribution in [0.5, 0.6) is 0 Å². The van der Waals surface area contributed by atoms with E-state index in [1.165, 1.54) is 5.01 Å². The number of aliphatic carboxylic acids is 2. The van der Waals surface area contributed by atoms with Gasteiger partial charge >= 0.3 is 11.9 Å². The molecule has 0 aromatic rings. The van der Waals surface area contributed by atoms with E-state index in [0.29, 0.717) is 13.0 Å². The van der Waals surface area contributed by atoms with E-state index in [-0.39, 0.29) is 5.92 Å². The minimum atomic E-state index is -0.911. The summed E-state index contributed by atoms with van der Waals surface area (Å²) in [5.41, 5.74) is 2.73. The number of fused-ring (bicyclic) bond motifs is 2. The van der Waals surface area contributed by atoms with Crippen LogP contribution in [0.2, 0.25) is 0 Å². The zero-order valence-corrected chi connectivity index (χ0v) is 7.51. The number of carbonyl (C=O) groups is 2. The van der Waals surface area contributed by atoms with E-state index in [9.17, 15) is 9.59 Å². The first-order chi connectivity index (χ1) is 6.59. The molecule has 6 nitrogen and oxygen atoms in total. The summed E-state index contributed by atoms with van der Waals surface area (Å²) in [7, 11) is 0. The van der Waals surface area contributed by atoms with Gasteiger partial charge in [-0.05, 0) is 18.8 Å². The van der Waals surface area contributed by atoms with Crippen molar-refractivity contribution >= 4 is 11.9 Å². The first kappa shape index (κ1) is 9.42. The molecule has 4 atom stereocenters. The molecule has 0 amide bonds. The lowest BCUT2D eigenvalue weighted by Gasteiger charge is -2.34. The Hall–Kier alpha value is -1.14. The summed E-state index contributed by atoms with van der Waals surface area (Å²) >= 11 is 0. The van der Waals surface area contributed by atoms with Gasteiger partial charge in [-0.3, -0.25) is 9.59 Å². The lowest BCUT2D eigenvalue weighted by molar-refractivity contribution is -0.152. The average molecular weight is 200 g/mol. The van der Waals surface area contributed by atoms with Gasteiger partial charge in [0.25, 0.3) is 0 Å². The van der Waals surface area contributed by atoms with Gasteiger partial charge in [0.15, 0.2) is 0 Å². The van der Waals surface area contributed by atoms with Crippen LogP contribution < -0.4 is 5.43 Å². The fourth-order valence-electron chi connectivity index (χ4n) is 2.29. The summed E-state index contributed by atoms with van der Waals surface area (Å²) in [4.78, 5) is 21.6. The third-order valence-corrected chi connectivity index (χ3v) is 2.93. The second-order valence-corrected chi connectivity index (χ2v) is 3.78. The monoisotopic (exact) mass is 200 g/mol. The Morgan fingerprint density at radius 2 is 2.00 bits per heavy atom. The molecule has 0 radical (unpaired) electrons. The molecule has 6 heteroatoms. The van der Waals surface area contributed by atoms with Crippen LogP contribution in [0.1, 0.15) is 12.8 Å². The summed E-state index contributed by atoms with van der Waals surface area (Å²) in [5.74, 6) is -1.82. The van der Waals surface area contributed by atoms with Crippen LogP contribution in [0.25, 0.3) is 0 Å². The molecule has 2 fully saturated rings. The second-order valence-electron chi connectivity index (χ2n) is 3.78. The normalized spacial score (nSPS) is 40.9. The highest BCUT2D eigenvalue weighted by Gasteiger charge is 2.46. The first-order valence-electron chi connectivity index (χ1n) is 4.58. The zero-order valence-electron chi connectivity index (χ0n) is 7.51. The molecule has 2 rings (SSSR count). The predicted octanol–water partition coefficient (Wildman–Crippen LogP) is -0.877. The molecule has 2 aliphatic heterocycles. The van der Waals surface area contributed by atoms with Gasteiger partial charge in [0.1, 0.15) is 12.1 Å². The van der Waals surface area contributed by atoms with Crippen molar-refractivity contribution in [2.45, 2.75) is 24.9 Å². The van der Waals surface area contributed by atoms with Crippen molar-refractivity contribution in [3.05, 3.63) is 0 Å². The predicted molar refractivity (Wildman–Crippen MR) is 45.4 cm³/mol. The van der Waals surface area contributed by atoms with Crippen LogP contribution in [-0.2, 0) is 9.59 Å². The van der Waals surface area contributed by atoms with Crippen molar-refractivity contribution in [3.8, 4) is 0 Å². The van der Waals surface area contributed by atoms with Crippen molar-refractivity contribution in [2.75, 3.05) is 6.54 Å². The quantitative estimate of drug-likeness (QED) is 0.536. The Labute approximate surface area is 80.5 Å². The molecule has 2 heterocycles. The summed E-state index contributed by atoms with van der Waals surface area (Å²) in [6, 6.07) is -1.18. The first-order valence-corrected chi connectivity index (χ1v) is 4.58. The second kappa shape index (κ2) is 3.21. The maximum absolute atomic E-state index is 10.9. The van der Waals surface area contributed by atoms with Gasteiger partial charge in [-0.25, -0.2) is 10.4 Å². The summed E-state index contributed by atoms with van der Waals surface area (Å²) in [5, 5.41) is 19.2. The third kappa shape index (κ3) is 1.36. The lowest BCUT2D eigenvalue weighted by atomic mass is 9.91. The highest BCUT2D eigenvalue weighted by molar-refractivity contribution is 5.77. The van der Waals surface area contributed by atoms with Gasteiger partial charge in [0, 0.05) is 6.54 Å². The Morgan fingerprint density at radius 3 is 2.50 bits per heavy atom. The molecule has 0 aromatic carbocycles. The van der Waals surface area contributed by atoms with Gasteiger partial charge in [-0.15, -0.1) is 0 Å². The molecule has 2 aliphatic rings. The highest BCUT2D eigenvalue weighted by atomic mass is 16.4. The molecular weight excluding hydrogens is 188 g/mol. The van der Waals surface area contributed by atoms with Crippen molar-refractivity contribution in [1.82, 2.24) is 10.4 Å². The van der Waals surface area contributed by atoms with E-state index in [4.69, 9.17) is 10.2 Å². The number of hydrogen-bond donors (Lipinski definition) is 3. The summed E-state index contributed by atoms with van der Waals surface area (Å²) < 4.78 is 0. The number of carboxylic acids is 2. The Balaban J connectivity index is 2.12. The zero-order chi connectivity index (χ0) is 10.3. The maximum Gasteiger partial charge on any atom is 0.322 e. The molecule has 0 saturated carbocycles. The van der Waals surface area contributed by atoms with E-state index < -0.39 is 24.0 Å². The van der Waals surface area contributed by atoms with Crippen LogP contribution >= 0.6 is 0 Å². The topological polar surface area (TPSA) is 89.9 Å². The van der Waals surface area contributed by atoms with Crippen molar-refractivity contribution in [2.24, 2.45) is 5.92 Å². The van der Waals surface area contributed by atoms with E-state index in [1.807, 2.05) is 0 Å². The van der Waals surface area contributed by atoms with Crippen molar-refractivity contribution in [1.29, 1.82) is 0 Å². The van der Waals surface area contributed by atoms with E-state index in [0.717, 1.165) is 6.42 Å². The summed E-state index contributed by atoms with van der Waals surface area (Å²) in [6.45, 7) is 0.616. The number of hydrogen-bond acceptors (Lipinski definition) is 4. The van der Waals surface area contributed by atoms with Crippen LogP contribution in [0.3, 0.4) is 0 Å². The van der Waals surface area contributed by atoms with Crippen LogP contribution in [0, 0.1) is 5.92 Å². The molecule has 0 aromatic heterocycles. The van der Waals surface area contributed by atoms with Crippen LogP contribution in [0.4, 0.5) is 0 Å². The number of rotatable bonds is 2. The number of nitrogens with zero attached hydrogens (tertiary/aromatic N) is 1. The Kier molecular flexibility index (Phi) is 2.16. The van der Waals surface area contributed by atoms with Crippen molar-refractivity contribution < 1.29 is 19.8 Å². The molecule has 0 aliphatic carbocycles. The lowest BCUT2D eigenvalue weighted by Crippen LogP contribution is -2.58. The average Bonchev–Trinajstić information content (AvgIpc) is 2.37. The minimum Gasteiger partial charge on any atom is -0.480 e. The van der Waals surface area contributed by atoms with E-state index in [2.05, 4.69) is 5.43 Å². The van der Waals surface area contributed by atoms with Gasteiger partial charge in [0.2, 0.25) is 0 Å². The smallest absolute Gasteiger partial charge is 0.322 e. The summed E-state index contributed by atoms with van der Waals surface area (Å²) in [6.07, 6.45) is 1.16. The van der Waals surface area contributed by atoms with Gasteiger partial charge in [-0.1, -0.05) is 0 Å². The SMILES string of the molecule is O=C(O)C1CC2CCN(N1)C2C(=O)O. The fraction of sp³-hybridized carbons (Fsp3) is 0.750. The molecule has 4 unspecified atom stereocenters. The van der Waals surface area contributed by atoms with Crippen LogP contribution in [-0.4, -0.2) is 45.8 Å². The molecular formula is C8H12N2O4. The van der Waals surface area contributed by atoms with E-state index in [1.54, 1.807) is 0 Å². The maximum atomic E-state index is 10.9. The largest absolute Gasteiger partial charge is 0.480 e. The van der Waals surface area contributed by atoms with Crippen LogP contribution in [0.15, 0.2) is 0 Å². The number of nitrogens with one attached hydrogen (secondary N) is 1. The Morgan fingerprint density at radius 1 is 1.29 bits per heavy atom. The highest BCUT2D eigenvalue weighted by Crippen LogP contribution is 2.31. The van der Waals surface area contributed by atoms with Crippen molar-refractivity contribution in [3.63, 3.8) is 0 Å². The third-order valence-electron chi connectivity index (χ3n) is 2.93. The van der Waals surface area contributed by atoms with E-state index >= 15 is 0 Å². The minimum absolute atomic E-state index is 0.0325. The number of hydrazine groups is 1. The van der Waals surface area contributed by atoms with Gasteiger partial charge in [-0.2, -0.15) is 0 Å². The number of carboxylic acid groups (broad SMARTS) is 2. The molecule has 0 spiro atoms. The molecule has 3 N–H and O–H groups in total. The molecule has 2 saturated heterocycles. The fourth-order valence-corrected chi connectivity index (χ4v) is 2.29. The van der Waals surface area contributed by atoms with Gasteiger partial charge < -0.3 is 10.2 Å². The molecule has 2 bridgehead atoms. The Bertz CT molecular complexity index is 267. The standard InChI is InChI=1S/C8H12N2O4/c11-7(12)5-3-4-1-2-10(9-5)6(4)8(13)14/h4-6,9H,1-3H2,(H,11,12)(H,13,14). The molecule has 78 valence electrons. The van der Waals surface area contributed by atoms with Gasteiger partial charge in [0.05, 0.1) is 0 Å². The molecule has 14 heavy (non-hydrogen) atoms.